The Morgan fingerprint density at radius 2 is 1.14 bits per heavy atom. The molecule has 118 valence electrons. The fourth-order valence-corrected chi connectivity index (χ4v) is 1.95. The summed E-state index contributed by atoms with van der Waals surface area (Å²) >= 11 is 0. The third-order valence-electron chi connectivity index (χ3n) is 2.72. The summed E-state index contributed by atoms with van der Waals surface area (Å²) in [6.45, 7) is 12.0. The number of pyridine rings is 1. The Bertz CT molecular complexity index is 610. The van der Waals surface area contributed by atoms with Crippen LogP contribution in [0, 0.1) is 0 Å². The molecule has 0 spiro atoms. The molecule has 0 saturated heterocycles. The first-order chi connectivity index (χ1) is 10.9. The maximum Gasteiger partial charge on any atom is 0.0780 e. The number of nitrogens with zero attached hydrogens (tertiary/aromatic N) is 1. The van der Waals surface area contributed by atoms with Crippen molar-refractivity contribution < 1.29 is 0 Å². The molecule has 0 radical (unpaired) electrons. The van der Waals surface area contributed by atoms with Gasteiger partial charge in [-0.1, -0.05) is 96.1 Å². The Labute approximate surface area is 136 Å². The second kappa shape index (κ2) is 12.6. The topological polar surface area (TPSA) is 12.9 Å². The summed E-state index contributed by atoms with van der Waals surface area (Å²) in [6.07, 6.45) is 1.87. The average molecular weight is 295 g/mol. The molecular formula is C21H29N. The van der Waals surface area contributed by atoms with E-state index in [-0.39, 0.29) is 0 Å². The van der Waals surface area contributed by atoms with Crippen molar-refractivity contribution in [2.75, 3.05) is 0 Å². The van der Waals surface area contributed by atoms with Gasteiger partial charge in [0.1, 0.15) is 0 Å². The highest BCUT2D eigenvalue weighted by atomic mass is 14.7. The number of rotatable bonds is 1. The van der Waals surface area contributed by atoms with Crippen LogP contribution in [-0.2, 0) is 0 Å². The summed E-state index contributed by atoms with van der Waals surface area (Å²) < 4.78 is 0. The summed E-state index contributed by atoms with van der Waals surface area (Å²) in [5.74, 6) is 0. The van der Waals surface area contributed by atoms with Gasteiger partial charge in [0, 0.05) is 17.1 Å². The number of hydrogen-bond acceptors (Lipinski definition) is 1. The quantitative estimate of drug-likeness (QED) is 0.472. The summed E-state index contributed by atoms with van der Waals surface area (Å²) in [6, 6.07) is 20.7. The third kappa shape index (κ3) is 5.33. The molecule has 0 aliphatic heterocycles. The van der Waals surface area contributed by atoms with E-state index in [9.17, 15) is 0 Å². The van der Waals surface area contributed by atoms with Gasteiger partial charge in [0.2, 0.25) is 0 Å². The Hall–Kier alpha value is -2.15. The van der Waals surface area contributed by atoms with Crippen LogP contribution < -0.4 is 0 Å². The van der Waals surface area contributed by atoms with Crippen molar-refractivity contribution in [2.24, 2.45) is 0 Å². The van der Waals surface area contributed by atoms with E-state index in [0.29, 0.717) is 0 Å². The second-order valence-corrected chi connectivity index (χ2v) is 3.75. The van der Waals surface area contributed by atoms with Gasteiger partial charge in [-0.2, -0.15) is 0 Å². The Morgan fingerprint density at radius 3 is 1.77 bits per heavy atom. The van der Waals surface area contributed by atoms with E-state index in [1.165, 1.54) is 16.3 Å². The van der Waals surface area contributed by atoms with Gasteiger partial charge < -0.3 is 0 Å². The molecule has 3 rings (SSSR count). The lowest BCUT2D eigenvalue weighted by Gasteiger charge is -2.04. The number of fused-ring (bicyclic) bond motifs is 1. The van der Waals surface area contributed by atoms with E-state index in [1.807, 2.05) is 72.0 Å². The molecule has 1 heteroatoms. The van der Waals surface area contributed by atoms with E-state index >= 15 is 0 Å². The van der Waals surface area contributed by atoms with Gasteiger partial charge in [-0.25, -0.2) is 0 Å². The smallest absolute Gasteiger partial charge is 0.0780 e. The number of benzene rings is 2. The van der Waals surface area contributed by atoms with E-state index < -0.39 is 0 Å². The fraction of sp³-hybridized carbons (Fsp3) is 0.286. The van der Waals surface area contributed by atoms with Crippen molar-refractivity contribution in [3.8, 4) is 11.3 Å². The highest BCUT2D eigenvalue weighted by Gasteiger charge is 2.03. The Morgan fingerprint density at radius 1 is 0.591 bits per heavy atom. The Kier molecular flexibility index (Phi) is 11.4. The van der Waals surface area contributed by atoms with Crippen molar-refractivity contribution in [1.82, 2.24) is 4.98 Å². The predicted molar refractivity (Wildman–Crippen MR) is 101 cm³/mol. The van der Waals surface area contributed by atoms with Crippen LogP contribution in [0.25, 0.3) is 22.0 Å². The molecule has 0 unspecified atom stereocenters. The van der Waals surface area contributed by atoms with Gasteiger partial charge in [0.05, 0.1) is 5.69 Å². The van der Waals surface area contributed by atoms with Crippen molar-refractivity contribution in [3.63, 3.8) is 0 Å². The second-order valence-electron chi connectivity index (χ2n) is 3.75. The lowest BCUT2D eigenvalue weighted by molar-refractivity contribution is 1.36. The number of aromatic nitrogens is 1. The monoisotopic (exact) mass is 295 g/mol. The molecule has 0 aliphatic rings. The normalized spacial score (nSPS) is 8.45. The molecule has 22 heavy (non-hydrogen) atoms. The van der Waals surface area contributed by atoms with Crippen LogP contribution in [0.4, 0.5) is 0 Å². The van der Waals surface area contributed by atoms with Gasteiger partial charge in [-0.05, 0) is 11.5 Å². The molecule has 0 N–H and O–H groups in total. The summed E-state index contributed by atoms with van der Waals surface area (Å²) in [5, 5.41) is 2.44. The lowest BCUT2D eigenvalue weighted by atomic mass is 10.0. The summed E-state index contributed by atoms with van der Waals surface area (Å²) in [4.78, 5) is 4.48. The van der Waals surface area contributed by atoms with Crippen molar-refractivity contribution in [2.45, 2.75) is 41.5 Å². The minimum atomic E-state index is 1.05. The van der Waals surface area contributed by atoms with Gasteiger partial charge in [0.15, 0.2) is 0 Å². The summed E-state index contributed by atoms with van der Waals surface area (Å²) in [5.41, 5.74) is 2.22. The van der Waals surface area contributed by atoms with Gasteiger partial charge in [0.25, 0.3) is 0 Å². The largest absolute Gasteiger partial charge is 0.256 e. The molecule has 0 saturated carbocycles. The first-order valence-electron chi connectivity index (χ1n) is 8.34. The SMILES string of the molecule is CC.CC.CC.c1ccc(-c2nccc3ccccc23)cc1. The predicted octanol–water partition coefficient (Wildman–Crippen LogP) is 6.98. The zero-order chi connectivity index (χ0) is 16.8. The average Bonchev–Trinajstić information content (AvgIpc) is 2.67. The number of hydrogen-bond donors (Lipinski definition) is 0. The Balaban J connectivity index is 0.000000661. The molecule has 1 nitrogen and oxygen atoms in total. The fourth-order valence-electron chi connectivity index (χ4n) is 1.95. The van der Waals surface area contributed by atoms with Crippen LogP contribution in [0.15, 0.2) is 66.9 Å². The third-order valence-corrected chi connectivity index (χ3v) is 2.72. The van der Waals surface area contributed by atoms with Crippen LogP contribution in [-0.4, -0.2) is 4.98 Å². The van der Waals surface area contributed by atoms with E-state index in [4.69, 9.17) is 0 Å². The van der Waals surface area contributed by atoms with E-state index in [1.54, 1.807) is 0 Å². The zero-order valence-electron chi connectivity index (χ0n) is 14.8. The lowest BCUT2D eigenvalue weighted by Crippen LogP contribution is -1.84. The van der Waals surface area contributed by atoms with Crippen LogP contribution >= 0.6 is 0 Å². The maximum absolute atomic E-state index is 4.48. The summed E-state index contributed by atoms with van der Waals surface area (Å²) in [7, 11) is 0. The first kappa shape index (κ1) is 19.9. The van der Waals surface area contributed by atoms with Crippen LogP contribution in [0.2, 0.25) is 0 Å². The first-order valence-corrected chi connectivity index (χ1v) is 8.34. The maximum atomic E-state index is 4.48. The van der Waals surface area contributed by atoms with Gasteiger partial charge in [-0.15, -0.1) is 0 Å². The highest BCUT2D eigenvalue weighted by Crippen LogP contribution is 2.25. The van der Waals surface area contributed by atoms with E-state index in [2.05, 4.69) is 41.4 Å². The molecule has 3 aromatic rings. The molecular weight excluding hydrogens is 266 g/mol. The molecule has 0 atom stereocenters. The highest BCUT2D eigenvalue weighted by molar-refractivity contribution is 5.94. The molecule has 0 fully saturated rings. The van der Waals surface area contributed by atoms with Crippen molar-refractivity contribution in [1.29, 1.82) is 0 Å². The van der Waals surface area contributed by atoms with Crippen LogP contribution in [0.1, 0.15) is 41.5 Å². The molecule has 1 aromatic heterocycles. The van der Waals surface area contributed by atoms with Gasteiger partial charge >= 0.3 is 0 Å². The molecule has 0 amide bonds. The molecule has 1 heterocycles. The molecule has 2 aromatic carbocycles. The zero-order valence-corrected chi connectivity index (χ0v) is 14.8. The van der Waals surface area contributed by atoms with E-state index in [0.717, 1.165) is 5.69 Å². The molecule has 0 aliphatic carbocycles. The van der Waals surface area contributed by atoms with Gasteiger partial charge in [-0.3, -0.25) is 4.98 Å². The molecule has 0 bridgehead atoms. The minimum Gasteiger partial charge on any atom is -0.256 e. The van der Waals surface area contributed by atoms with Crippen molar-refractivity contribution in [3.05, 3.63) is 66.9 Å². The van der Waals surface area contributed by atoms with Crippen LogP contribution in [0.3, 0.4) is 0 Å². The van der Waals surface area contributed by atoms with Crippen LogP contribution in [0.5, 0.6) is 0 Å². The standard InChI is InChI=1S/C15H11N.3C2H6/c1-2-7-13(8-3-1)15-14-9-5-4-6-12(14)10-11-16-15;3*1-2/h1-11H;3*1-2H3. The minimum absolute atomic E-state index is 1.05. The van der Waals surface area contributed by atoms with Crippen molar-refractivity contribution >= 4 is 10.8 Å².